The second-order valence-corrected chi connectivity index (χ2v) is 17.9. The predicted molar refractivity (Wildman–Crippen MR) is 184 cm³/mol. The number of amides is 2. The van der Waals surface area contributed by atoms with Crippen LogP contribution in [0.4, 0.5) is 9.18 Å². The number of nitrogens with one attached hydrogen (secondary N) is 1. The van der Waals surface area contributed by atoms with Crippen LogP contribution in [0.3, 0.4) is 0 Å². The van der Waals surface area contributed by atoms with Gasteiger partial charge in [-0.2, -0.15) is 0 Å². The summed E-state index contributed by atoms with van der Waals surface area (Å²) in [5.41, 5.74) is -1.23. The minimum absolute atomic E-state index is 0.00443. The number of halogens is 1. The Labute approximate surface area is 301 Å². The van der Waals surface area contributed by atoms with Crippen molar-refractivity contribution in [2.75, 3.05) is 0 Å². The molecule has 0 spiro atoms. The predicted octanol–water partition coefficient (Wildman–Crippen LogP) is 5.68. The third-order valence-corrected chi connectivity index (χ3v) is 12.6. The number of carbonyl (C=O) groups excluding carboxylic acids is 5. The average molecular weight is 731 g/mol. The van der Waals surface area contributed by atoms with Crippen LogP contribution in [0.2, 0.25) is 0 Å². The number of carbonyl (C=O) groups is 5. The molecule has 1 aromatic carbocycles. The van der Waals surface area contributed by atoms with Gasteiger partial charge in [0.05, 0.1) is 23.6 Å². The van der Waals surface area contributed by atoms with E-state index in [1.165, 1.54) is 17.0 Å². The van der Waals surface area contributed by atoms with Gasteiger partial charge in [-0.05, 0) is 89.6 Å². The molecule has 0 bridgehead atoms. The van der Waals surface area contributed by atoms with Gasteiger partial charge >= 0.3 is 12.1 Å². The van der Waals surface area contributed by atoms with Crippen LogP contribution in [-0.2, 0) is 51.8 Å². The van der Waals surface area contributed by atoms with Crippen LogP contribution in [0.15, 0.2) is 30.4 Å². The maximum Gasteiger partial charge on any atom is 0.410 e. The summed E-state index contributed by atoms with van der Waals surface area (Å²) in [7, 11) is -3.96. The van der Waals surface area contributed by atoms with E-state index >= 15 is 0 Å². The summed E-state index contributed by atoms with van der Waals surface area (Å²) in [5.74, 6) is -6.14. The highest BCUT2D eigenvalue weighted by molar-refractivity contribution is 7.90. The van der Waals surface area contributed by atoms with Gasteiger partial charge in [0.1, 0.15) is 29.1 Å². The quantitative estimate of drug-likeness (QED) is 0.288. The molecule has 4 aliphatic carbocycles. The van der Waals surface area contributed by atoms with Gasteiger partial charge in [0.2, 0.25) is 15.9 Å². The molecule has 51 heavy (non-hydrogen) atoms. The van der Waals surface area contributed by atoms with Crippen LogP contribution < -0.4 is 4.72 Å². The average Bonchev–Trinajstić information content (AvgIpc) is 3.94. The number of Topliss-reactive ketones (excluding diaryl/α,β-unsaturated/α-hetero) is 2. The molecule has 5 aliphatic rings. The Hall–Kier alpha value is -3.61. The van der Waals surface area contributed by atoms with Crippen LogP contribution in [0.5, 0.6) is 0 Å². The number of sulfonamides is 1. The monoisotopic (exact) mass is 730 g/mol. The van der Waals surface area contributed by atoms with E-state index in [9.17, 15) is 36.8 Å². The molecule has 0 saturated heterocycles. The number of allylic oxidation sites excluding steroid dienone is 2. The minimum Gasteiger partial charge on any atom is -0.460 e. The summed E-state index contributed by atoms with van der Waals surface area (Å²) in [6.45, 7) is 5.27. The van der Waals surface area contributed by atoms with Crippen molar-refractivity contribution in [3.8, 4) is 0 Å². The van der Waals surface area contributed by atoms with Crippen molar-refractivity contribution in [1.29, 1.82) is 0 Å². The van der Waals surface area contributed by atoms with Crippen LogP contribution in [0, 0.1) is 34.9 Å². The van der Waals surface area contributed by atoms with E-state index in [2.05, 4.69) is 4.72 Å². The van der Waals surface area contributed by atoms with E-state index < -0.39 is 98.4 Å². The summed E-state index contributed by atoms with van der Waals surface area (Å²) in [5, 5.41) is -0.684. The number of ether oxygens (including phenoxy) is 2. The smallest absolute Gasteiger partial charge is 0.410 e. The minimum atomic E-state index is -3.96. The number of fused-ring (bicyclic) bond motifs is 3. The largest absolute Gasteiger partial charge is 0.460 e. The van der Waals surface area contributed by atoms with E-state index in [-0.39, 0.29) is 57.4 Å². The molecule has 11 nitrogen and oxygen atoms in total. The van der Waals surface area contributed by atoms with Crippen molar-refractivity contribution in [3.63, 3.8) is 0 Å². The Kier molecular flexibility index (Phi) is 9.75. The number of rotatable bonds is 6. The molecular formula is C38H49FN2O9S. The molecule has 1 unspecified atom stereocenters. The highest BCUT2D eigenvalue weighted by Crippen LogP contribution is 2.58. The zero-order chi connectivity index (χ0) is 38.5. The first-order chi connectivity index (χ1) is 24.8. The normalized spacial score (nSPS) is 32.2. The van der Waals surface area contributed by atoms with Crippen LogP contribution in [-0.4, -0.2) is 59.8 Å². The number of nitrogens with zero attached hydrogens (tertiary/aromatic N) is 1. The van der Waals surface area contributed by atoms with Crippen molar-refractivity contribution in [2.45, 2.75) is 128 Å². The summed E-state index contributed by atoms with van der Waals surface area (Å²) in [4.78, 5) is 70.4. The number of esters is 1. The van der Waals surface area contributed by atoms with Crippen LogP contribution in [0.25, 0.3) is 0 Å². The third-order valence-electron chi connectivity index (χ3n) is 10.8. The maximum atomic E-state index is 14.5. The highest BCUT2D eigenvalue weighted by atomic mass is 32.2. The van der Waals surface area contributed by atoms with Gasteiger partial charge in [0, 0.05) is 39.0 Å². The second kappa shape index (κ2) is 14.4. The molecule has 3 fully saturated rings. The number of hydrogen-bond donors (Lipinski definition) is 1. The molecule has 1 heterocycles. The van der Waals surface area contributed by atoms with Crippen LogP contribution in [0.1, 0.15) is 112 Å². The fourth-order valence-corrected chi connectivity index (χ4v) is 9.25. The lowest BCUT2D eigenvalue weighted by atomic mass is 9.78. The van der Waals surface area contributed by atoms with E-state index in [1.54, 1.807) is 39.0 Å². The third kappa shape index (κ3) is 8.55. The maximum absolute atomic E-state index is 14.5. The van der Waals surface area contributed by atoms with Crippen LogP contribution >= 0.6 is 0 Å². The van der Waals surface area contributed by atoms with E-state index in [1.807, 2.05) is 0 Å². The molecule has 1 N–H and O–H groups in total. The number of ketones is 2. The second-order valence-electron chi connectivity index (χ2n) is 15.9. The molecule has 0 aromatic heterocycles. The summed E-state index contributed by atoms with van der Waals surface area (Å²) in [6.07, 6.45) is 0.975. The lowest BCUT2D eigenvalue weighted by molar-refractivity contribution is -0.157. The molecule has 1 aromatic rings. The molecule has 3 saturated carbocycles. The van der Waals surface area contributed by atoms with Crippen molar-refractivity contribution < 1.29 is 49.0 Å². The standard InChI is InChI=1S/C38H49FN2O9S/c1-37(2,3)50-33(43)16-23-10-7-5-4-6-8-12-25-19-38(25,35(45)40-51(47,48)27-14-15-27)20-32(42)28-17-26(18-29(28)34(23)44)49-36(46)41-21-24-11-9-13-31(39)30(24)22-41/h8-9,11-13,23,25-29H,4-7,10,14-22H2,1-3H3,(H,40,45)/b12-8-/t23-,25+,26-,28-,29?,38-/m1/s1/i6D2. The van der Waals surface area contributed by atoms with Gasteiger partial charge in [-0.15, -0.1) is 0 Å². The van der Waals surface area contributed by atoms with Gasteiger partial charge in [0.25, 0.3) is 0 Å². The van der Waals surface area contributed by atoms with Crippen molar-refractivity contribution >= 4 is 39.6 Å². The zero-order valence-electron chi connectivity index (χ0n) is 31.5. The molecule has 13 heteroatoms. The SMILES string of the molecule is [2H]C1([2H])/C=C\[C@H]2C[C@@]2(C(=O)NS(=O)(=O)C2CC2)CC(=O)[C@@H]2C[C@@H](OC(=O)N3Cc4cccc(F)c4C3)CC2C(=O)[C@@H](CC(=O)OC(C)(C)C)CCCC1. The van der Waals surface area contributed by atoms with Gasteiger partial charge in [-0.3, -0.25) is 28.8 Å². The highest BCUT2D eigenvalue weighted by Gasteiger charge is 2.62. The Bertz CT molecular complexity index is 1810. The summed E-state index contributed by atoms with van der Waals surface area (Å²) >= 11 is 0. The lowest BCUT2D eigenvalue weighted by Crippen LogP contribution is -2.41. The first-order valence-corrected chi connectivity index (χ1v) is 19.6. The Morgan fingerprint density at radius 2 is 1.80 bits per heavy atom. The van der Waals surface area contributed by atoms with Crippen molar-refractivity contribution in [1.82, 2.24) is 9.62 Å². The van der Waals surface area contributed by atoms with Gasteiger partial charge in [-0.25, -0.2) is 17.6 Å². The first kappa shape index (κ1) is 34.5. The zero-order valence-corrected chi connectivity index (χ0v) is 30.3. The van der Waals surface area contributed by atoms with E-state index in [0.29, 0.717) is 36.8 Å². The number of benzene rings is 1. The van der Waals surface area contributed by atoms with Gasteiger partial charge < -0.3 is 9.47 Å². The molecular weight excluding hydrogens is 679 g/mol. The van der Waals surface area contributed by atoms with Gasteiger partial charge in [0.15, 0.2) is 0 Å². The van der Waals surface area contributed by atoms with E-state index in [4.69, 9.17) is 12.2 Å². The fourth-order valence-electron chi connectivity index (χ4n) is 7.87. The Balaban J connectivity index is 1.28. The molecule has 6 rings (SSSR count). The fraction of sp³-hybridized carbons (Fsp3) is 0.658. The molecule has 278 valence electrons. The van der Waals surface area contributed by atoms with Crippen molar-refractivity contribution in [2.24, 2.45) is 29.1 Å². The Morgan fingerprint density at radius 1 is 1.06 bits per heavy atom. The van der Waals surface area contributed by atoms with Crippen molar-refractivity contribution in [3.05, 3.63) is 47.3 Å². The molecule has 0 radical (unpaired) electrons. The first-order valence-electron chi connectivity index (χ1n) is 19.0. The topological polar surface area (TPSA) is 153 Å². The molecule has 2 amide bonds. The Morgan fingerprint density at radius 3 is 2.51 bits per heavy atom. The summed E-state index contributed by atoms with van der Waals surface area (Å²) in [6, 6.07) is 4.61. The number of hydrogen-bond acceptors (Lipinski definition) is 9. The molecule has 1 aliphatic heterocycles. The van der Waals surface area contributed by atoms with E-state index in [0.717, 1.165) is 0 Å². The molecule has 6 atom stereocenters. The summed E-state index contributed by atoms with van der Waals surface area (Å²) < 4.78 is 70.7. The lowest BCUT2D eigenvalue weighted by Gasteiger charge is -2.26. The van der Waals surface area contributed by atoms with Gasteiger partial charge in [-0.1, -0.05) is 37.1 Å².